The quantitative estimate of drug-likeness (QED) is 0.513. The highest BCUT2D eigenvalue weighted by molar-refractivity contribution is 6.21. The van der Waals surface area contributed by atoms with Gasteiger partial charge in [-0.2, -0.15) is 0 Å². The fourth-order valence-electron chi connectivity index (χ4n) is 0.846. The van der Waals surface area contributed by atoms with E-state index in [9.17, 15) is 0 Å². The average Bonchev–Trinajstić information content (AvgIpc) is 1.83. The summed E-state index contributed by atoms with van der Waals surface area (Å²) in [6, 6.07) is 0. The zero-order valence-electron chi connectivity index (χ0n) is 5.38. The van der Waals surface area contributed by atoms with Crippen molar-refractivity contribution in [1.82, 2.24) is 0 Å². The molecule has 3 unspecified atom stereocenters. The summed E-state index contributed by atoms with van der Waals surface area (Å²) in [5, 5.41) is 9.12. The maximum atomic E-state index is 9.14. The molecular formula is C6H11ClO2. The Morgan fingerprint density at radius 2 is 2.22 bits per heavy atom. The van der Waals surface area contributed by atoms with E-state index in [-0.39, 0.29) is 17.4 Å². The Morgan fingerprint density at radius 3 is 2.67 bits per heavy atom. The maximum Gasteiger partial charge on any atom is 0.0814 e. The first kappa shape index (κ1) is 7.32. The fourth-order valence-corrected chi connectivity index (χ4v) is 1.10. The highest BCUT2D eigenvalue weighted by atomic mass is 35.5. The van der Waals surface area contributed by atoms with Gasteiger partial charge in [-0.25, -0.2) is 0 Å². The van der Waals surface area contributed by atoms with Crippen LogP contribution in [0.1, 0.15) is 6.92 Å². The number of halogens is 1. The minimum Gasteiger partial charge on any atom is -0.390 e. The summed E-state index contributed by atoms with van der Waals surface area (Å²) >= 11 is 5.78. The molecule has 54 valence electrons. The molecule has 1 aliphatic rings. The van der Waals surface area contributed by atoms with E-state index in [0.29, 0.717) is 13.2 Å². The number of hydrogen-bond acceptors (Lipinski definition) is 2. The fraction of sp³-hybridized carbons (Fsp3) is 1.00. The molecule has 1 saturated heterocycles. The number of hydrogen-bond donors (Lipinski definition) is 1. The van der Waals surface area contributed by atoms with Crippen molar-refractivity contribution in [2.24, 2.45) is 5.92 Å². The number of aliphatic hydroxyl groups is 1. The van der Waals surface area contributed by atoms with E-state index >= 15 is 0 Å². The largest absolute Gasteiger partial charge is 0.390 e. The molecule has 1 N–H and O–H groups in total. The van der Waals surface area contributed by atoms with Crippen LogP contribution in [0, 0.1) is 5.92 Å². The van der Waals surface area contributed by atoms with Crippen LogP contribution in [0.15, 0.2) is 0 Å². The van der Waals surface area contributed by atoms with Crippen LogP contribution in [0.5, 0.6) is 0 Å². The molecule has 2 nitrogen and oxygen atoms in total. The number of aliphatic hydroxyl groups excluding tert-OH is 1. The van der Waals surface area contributed by atoms with Crippen molar-refractivity contribution in [3.63, 3.8) is 0 Å². The highest BCUT2D eigenvalue weighted by Gasteiger charge is 2.27. The third-order valence-electron chi connectivity index (χ3n) is 1.74. The first-order chi connectivity index (χ1) is 4.22. The Hall–Kier alpha value is 0.210. The molecule has 0 aromatic carbocycles. The summed E-state index contributed by atoms with van der Waals surface area (Å²) in [7, 11) is 0. The van der Waals surface area contributed by atoms with Crippen molar-refractivity contribution in [3.8, 4) is 0 Å². The molecule has 1 fully saturated rings. The molecule has 1 rings (SSSR count). The second kappa shape index (κ2) is 2.86. The Bertz CT molecular complexity index is 87.1. The van der Waals surface area contributed by atoms with Crippen molar-refractivity contribution in [2.45, 2.75) is 18.4 Å². The predicted molar refractivity (Wildman–Crippen MR) is 35.6 cm³/mol. The summed E-state index contributed by atoms with van der Waals surface area (Å²) in [5.41, 5.74) is 0. The monoisotopic (exact) mass is 150 g/mol. The lowest BCUT2D eigenvalue weighted by atomic mass is 10.00. The number of alkyl halides is 1. The Morgan fingerprint density at radius 1 is 1.56 bits per heavy atom. The van der Waals surface area contributed by atoms with Crippen molar-refractivity contribution < 1.29 is 9.84 Å². The van der Waals surface area contributed by atoms with E-state index in [2.05, 4.69) is 0 Å². The normalized spacial score (nSPS) is 45.0. The Labute approximate surface area is 59.8 Å². The highest BCUT2D eigenvalue weighted by Crippen LogP contribution is 2.19. The predicted octanol–water partition coefficient (Wildman–Crippen LogP) is 0.621. The van der Waals surface area contributed by atoms with Crippen LogP contribution in [0.2, 0.25) is 0 Å². The van der Waals surface area contributed by atoms with Gasteiger partial charge in [0.1, 0.15) is 0 Å². The van der Waals surface area contributed by atoms with E-state index in [1.165, 1.54) is 0 Å². The molecule has 0 aromatic heterocycles. The van der Waals surface area contributed by atoms with Crippen LogP contribution in [-0.2, 0) is 4.74 Å². The molecule has 0 saturated carbocycles. The summed E-state index contributed by atoms with van der Waals surface area (Å²) in [5.74, 6) is 0.167. The molecule has 0 radical (unpaired) electrons. The smallest absolute Gasteiger partial charge is 0.0814 e. The Kier molecular flexibility index (Phi) is 2.33. The lowest BCUT2D eigenvalue weighted by molar-refractivity contribution is -0.0351. The lowest BCUT2D eigenvalue weighted by Crippen LogP contribution is -2.38. The lowest BCUT2D eigenvalue weighted by Gasteiger charge is -2.28. The summed E-state index contributed by atoms with van der Waals surface area (Å²) in [6.45, 7) is 2.94. The van der Waals surface area contributed by atoms with E-state index < -0.39 is 0 Å². The molecule has 3 heteroatoms. The van der Waals surface area contributed by atoms with Crippen LogP contribution >= 0.6 is 11.6 Å². The van der Waals surface area contributed by atoms with Gasteiger partial charge in [0.05, 0.1) is 24.7 Å². The average molecular weight is 151 g/mol. The summed E-state index contributed by atoms with van der Waals surface area (Å²) in [6.07, 6.45) is -0.374. The van der Waals surface area contributed by atoms with Gasteiger partial charge < -0.3 is 9.84 Å². The van der Waals surface area contributed by atoms with Crippen LogP contribution in [0.25, 0.3) is 0 Å². The SMILES string of the molecule is CC1C(O)COCC1Cl. The van der Waals surface area contributed by atoms with Gasteiger partial charge in [0.2, 0.25) is 0 Å². The molecule has 0 aromatic rings. The van der Waals surface area contributed by atoms with Crippen molar-refractivity contribution in [3.05, 3.63) is 0 Å². The molecule has 0 bridgehead atoms. The molecule has 1 heterocycles. The third-order valence-corrected chi connectivity index (χ3v) is 2.27. The van der Waals surface area contributed by atoms with E-state index in [4.69, 9.17) is 21.4 Å². The van der Waals surface area contributed by atoms with Crippen molar-refractivity contribution >= 4 is 11.6 Å². The van der Waals surface area contributed by atoms with Gasteiger partial charge in [-0.15, -0.1) is 11.6 Å². The second-order valence-electron chi connectivity index (χ2n) is 2.48. The van der Waals surface area contributed by atoms with Crippen LogP contribution in [0.4, 0.5) is 0 Å². The van der Waals surface area contributed by atoms with Gasteiger partial charge in [0.15, 0.2) is 0 Å². The molecular weight excluding hydrogens is 140 g/mol. The van der Waals surface area contributed by atoms with Gasteiger partial charge in [-0.05, 0) is 0 Å². The minimum absolute atomic E-state index is 0.0197. The molecule has 0 amide bonds. The molecule has 9 heavy (non-hydrogen) atoms. The van der Waals surface area contributed by atoms with Crippen molar-refractivity contribution in [1.29, 1.82) is 0 Å². The molecule has 1 aliphatic heterocycles. The maximum absolute atomic E-state index is 9.14. The first-order valence-electron chi connectivity index (χ1n) is 3.11. The standard InChI is InChI=1S/C6H11ClO2/c1-4-5(7)2-9-3-6(4)8/h4-6,8H,2-3H2,1H3. The topological polar surface area (TPSA) is 29.5 Å². The van der Waals surface area contributed by atoms with Gasteiger partial charge in [0.25, 0.3) is 0 Å². The summed E-state index contributed by atoms with van der Waals surface area (Å²) in [4.78, 5) is 0. The van der Waals surface area contributed by atoms with Gasteiger partial charge in [-0.3, -0.25) is 0 Å². The third kappa shape index (κ3) is 1.57. The van der Waals surface area contributed by atoms with E-state index in [1.54, 1.807) is 0 Å². The zero-order chi connectivity index (χ0) is 6.85. The molecule has 0 aliphatic carbocycles. The van der Waals surface area contributed by atoms with E-state index in [1.807, 2.05) is 6.92 Å². The first-order valence-corrected chi connectivity index (χ1v) is 3.55. The van der Waals surface area contributed by atoms with Gasteiger partial charge in [0, 0.05) is 5.92 Å². The number of rotatable bonds is 0. The van der Waals surface area contributed by atoms with Gasteiger partial charge in [-0.1, -0.05) is 6.92 Å². The van der Waals surface area contributed by atoms with Crippen LogP contribution in [-0.4, -0.2) is 29.8 Å². The van der Waals surface area contributed by atoms with E-state index in [0.717, 1.165) is 0 Å². The van der Waals surface area contributed by atoms with Crippen molar-refractivity contribution in [2.75, 3.05) is 13.2 Å². The molecule has 3 atom stereocenters. The van der Waals surface area contributed by atoms with Crippen LogP contribution < -0.4 is 0 Å². The molecule has 0 spiro atoms. The minimum atomic E-state index is -0.374. The Balaban J connectivity index is 2.41. The van der Waals surface area contributed by atoms with Crippen LogP contribution in [0.3, 0.4) is 0 Å². The summed E-state index contributed by atoms with van der Waals surface area (Å²) < 4.78 is 4.98. The second-order valence-corrected chi connectivity index (χ2v) is 3.04. The number of ether oxygens (including phenoxy) is 1. The zero-order valence-corrected chi connectivity index (χ0v) is 6.14. The van der Waals surface area contributed by atoms with Gasteiger partial charge >= 0.3 is 0 Å².